The third-order valence-corrected chi connectivity index (χ3v) is 4.59. The number of amides is 1. The van der Waals surface area contributed by atoms with Gasteiger partial charge < -0.3 is 14.6 Å². The van der Waals surface area contributed by atoms with Crippen LogP contribution in [0.15, 0.2) is 35.4 Å². The average Bonchev–Trinajstić information content (AvgIpc) is 3.41. The zero-order valence-corrected chi connectivity index (χ0v) is 16.2. The van der Waals surface area contributed by atoms with Gasteiger partial charge in [0.1, 0.15) is 11.3 Å². The summed E-state index contributed by atoms with van der Waals surface area (Å²) in [6.07, 6.45) is 5.42. The Morgan fingerprint density at radius 3 is 2.86 bits per heavy atom. The van der Waals surface area contributed by atoms with E-state index in [2.05, 4.69) is 15.4 Å². The molecule has 146 valence electrons. The lowest BCUT2D eigenvalue weighted by atomic mass is 10.2. The quantitative estimate of drug-likeness (QED) is 0.709. The van der Waals surface area contributed by atoms with Gasteiger partial charge in [0.2, 0.25) is 5.88 Å². The van der Waals surface area contributed by atoms with E-state index in [4.69, 9.17) is 4.74 Å². The number of aryl methyl sites for hydroxylation is 1. The summed E-state index contributed by atoms with van der Waals surface area (Å²) in [7, 11) is 0. The molecule has 4 rings (SSSR count). The molecule has 8 heteroatoms. The van der Waals surface area contributed by atoms with Crippen molar-refractivity contribution in [3.63, 3.8) is 0 Å². The molecule has 8 nitrogen and oxygen atoms in total. The van der Waals surface area contributed by atoms with Crippen LogP contribution in [0.25, 0.3) is 11.0 Å². The Labute approximate surface area is 162 Å². The number of aromatic nitrogens is 4. The number of carbonyl (C=O) groups excluding carboxylic acids is 1. The van der Waals surface area contributed by atoms with E-state index in [1.165, 1.54) is 0 Å². The summed E-state index contributed by atoms with van der Waals surface area (Å²) in [4.78, 5) is 30.0. The maximum Gasteiger partial charge on any atom is 0.274 e. The van der Waals surface area contributed by atoms with Gasteiger partial charge in [-0.3, -0.25) is 14.3 Å². The van der Waals surface area contributed by atoms with Gasteiger partial charge >= 0.3 is 0 Å². The van der Waals surface area contributed by atoms with Crippen LogP contribution in [0, 0.1) is 0 Å². The van der Waals surface area contributed by atoms with Crippen molar-refractivity contribution in [3.05, 3.63) is 46.5 Å². The largest absolute Gasteiger partial charge is 0.474 e. The van der Waals surface area contributed by atoms with Crippen molar-refractivity contribution in [3.8, 4) is 5.88 Å². The Balaban J connectivity index is 1.71. The third kappa shape index (κ3) is 3.49. The topological polar surface area (TPSA) is 91.0 Å². The maximum atomic E-state index is 13.0. The van der Waals surface area contributed by atoms with E-state index in [1.807, 2.05) is 27.0 Å². The Kier molecular flexibility index (Phi) is 4.62. The normalized spacial score (nSPS) is 13.9. The number of nitrogens with zero attached hydrogens (tertiary/aromatic N) is 4. The number of hydrogen-bond donors (Lipinski definition) is 1. The molecule has 3 aromatic heterocycles. The molecule has 0 saturated heterocycles. The molecule has 0 atom stereocenters. The van der Waals surface area contributed by atoms with E-state index in [-0.39, 0.29) is 34.8 Å². The highest BCUT2D eigenvalue weighted by Crippen LogP contribution is 2.33. The maximum absolute atomic E-state index is 13.0. The summed E-state index contributed by atoms with van der Waals surface area (Å²) in [5, 5.41) is 7.85. The van der Waals surface area contributed by atoms with Gasteiger partial charge in [-0.1, -0.05) is 0 Å². The lowest BCUT2D eigenvalue weighted by molar-refractivity contribution is 0.102. The van der Waals surface area contributed by atoms with E-state index in [1.54, 1.807) is 33.6 Å². The molecule has 3 heterocycles. The standard InChI is InChI=1S/C20H23N5O3/c1-4-24-11-13-10-15(19(28-12(2)3)22-17(13)23-24)18(26)21-16-6-5-9-25(20(16)27)14-7-8-14/h5-6,9-12,14H,4,7-8H2,1-3H3,(H,21,26). The SMILES string of the molecule is CCn1cc2cc(C(=O)Nc3cccn(C4CC4)c3=O)c(OC(C)C)nc2n1. The molecule has 0 aromatic carbocycles. The first-order chi connectivity index (χ1) is 13.5. The Morgan fingerprint density at radius 1 is 1.39 bits per heavy atom. The lowest BCUT2D eigenvalue weighted by Gasteiger charge is -2.13. The number of anilines is 1. The van der Waals surface area contributed by atoms with E-state index < -0.39 is 5.91 Å². The molecular formula is C20H23N5O3. The number of rotatable bonds is 6. The van der Waals surface area contributed by atoms with Crippen LogP contribution >= 0.6 is 0 Å². The highest BCUT2D eigenvalue weighted by atomic mass is 16.5. The second-order valence-electron chi connectivity index (χ2n) is 7.22. The van der Waals surface area contributed by atoms with Crippen LogP contribution in [0.4, 0.5) is 5.69 Å². The number of ether oxygens (including phenoxy) is 1. The Morgan fingerprint density at radius 2 is 2.18 bits per heavy atom. The minimum Gasteiger partial charge on any atom is -0.474 e. The number of pyridine rings is 2. The van der Waals surface area contributed by atoms with Crippen molar-refractivity contribution in [1.29, 1.82) is 0 Å². The first kappa shape index (κ1) is 18.2. The molecule has 0 unspecified atom stereocenters. The lowest BCUT2D eigenvalue weighted by Crippen LogP contribution is -2.25. The van der Waals surface area contributed by atoms with Gasteiger partial charge in [-0.05, 0) is 51.8 Å². The first-order valence-corrected chi connectivity index (χ1v) is 9.53. The molecule has 1 N–H and O–H groups in total. The molecule has 1 fully saturated rings. The van der Waals surface area contributed by atoms with Crippen LogP contribution in [0.1, 0.15) is 50.0 Å². The summed E-state index contributed by atoms with van der Waals surface area (Å²) in [6.45, 7) is 6.40. The third-order valence-electron chi connectivity index (χ3n) is 4.59. The monoisotopic (exact) mass is 381 g/mol. The van der Waals surface area contributed by atoms with Gasteiger partial charge in [0.15, 0.2) is 5.65 Å². The highest BCUT2D eigenvalue weighted by molar-refractivity contribution is 6.07. The molecule has 1 saturated carbocycles. The van der Waals surface area contributed by atoms with Gasteiger partial charge in [-0.25, -0.2) is 0 Å². The molecule has 3 aromatic rings. The highest BCUT2D eigenvalue weighted by Gasteiger charge is 2.26. The first-order valence-electron chi connectivity index (χ1n) is 9.53. The second-order valence-corrected chi connectivity index (χ2v) is 7.22. The summed E-state index contributed by atoms with van der Waals surface area (Å²) in [5.41, 5.74) is 0.847. The molecule has 1 aliphatic carbocycles. The molecule has 0 spiro atoms. The molecule has 0 aliphatic heterocycles. The molecule has 1 amide bonds. The van der Waals surface area contributed by atoms with Gasteiger partial charge in [0, 0.05) is 30.4 Å². The van der Waals surface area contributed by atoms with Crippen LogP contribution in [-0.2, 0) is 6.54 Å². The number of nitrogens with one attached hydrogen (secondary N) is 1. The fraction of sp³-hybridized carbons (Fsp3) is 0.400. The summed E-state index contributed by atoms with van der Waals surface area (Å²) >= 11 is 0. The molecule has 1 aliphatic rings. The minimum absolute atomic E-state index is 0.159. The fourth-order valence-corrected chi connectivity index (χ4v) is 3.06. The van der Waals surface area contributed by atoms with Crippen molar-refractivity contribution in [1.82, 2.24) is 19.3 Å². The Hall–Kier alpha value is -3.16. The second kappa shape index (κ2) is 7.10. The van der Waals surface area contributed by atoms with Crippen molar-refractivity contribution < 1.29 is 9.53 Å². The van der Waals surface area contributed by atoms with Crippen molar-refractivity contribution in [2.24, 2.45) is 0 Å². The predicted octanol–water partition coefficient (Wildman–Crippen LogP) is 2.99. The zero-order valence-electron chi connectivity index (χ0n) is 16.2. The minimum atomic E-state index is -0.431. The van der Waals surface area contributed by atoms with Crippen LogP contribution in [0.3, 0.4) is 0 Å². The van der Waals surface area contributed by atoms with Crippen LogP contribution in [0.2, 0.25) is 0 Å². The van der Waals surface area contributed by atoms with Crippen LogP contribution < -0.4 is 15.6 Å². The smallest absolute Gasteiger partial charge is 0.274 e. The number of carbonyl (C=O) groups is 1. The zero-order chi connectivity index (χ0) is 19.8. The number of hydrogen-bond acceptors (Lipinski definition) is 5. The van der Waals surface area contributed by atoms with Gasteiger partial charge in [-0.15, -0.1) is 0 Å². The molecule has 28 heavy (non-hydrogen) atoms. The van der Waals surface area contributed by atoms with Gasteiger partial charge in [0.05, 0.1) is 6.10 Å². The van der Waals surface area contributed by atoms with Crippen LogP contribution in [-0.4, -0.2) is 31.3 Å². The predicted molar refractivity (Wildman–Crippen MR) is 106 cm³/mol. The van der Waals surface area contributed by atoms with Gasteiger partial charge in [0.25, 0.3) is 11.5 Å². The molecule has 0 radical (unpaired) electrons. The number of fused-ring (bicyclic) bond motifs is 1. The average molecular weight is 381 g/mol. The van der Waals surface area contributed by atoms with Crippen molar-refractivity contribution >= 4 is 22.6 Å². The van der Waals surface area contributed by atoms with E-state index >= 15 is 0 Å². The summed E-state index contributed by atoms with van der Waals surface area (Å²) in [6, 6.07) is 5.33. The van der Waals surface area contributed by atoms with Crippen molar-refractivity contribution in [2.75, 3.05) is 5.32 Å². The van der Waals surface area contributed by atoms with E-state index in [0.29, 0.717) is 12.2 Å². The summed E-state index contributed by atoms with van der Waals surface area (Å²) in [5.74, 6) is -0.222. The fourth-order valence-electron chi connectivity index (χ4n) is 3.06. The van der Waals surface area contributed by atoms with Gasteiger partial charge in [-0.2, -0.15) is 10.1 Å². The van der Waals surface area contributed by atoms with Crippen molar-refractivity contribution in [2.45, 2.75) is 52.3 Å². The van der Waals surface area contributed by atoms with E-state index in [9.17, 15) is 9.59 Å². The summed E-state index contributed by atoms with van der Waals surface area (Å²) < 4.78 is 9.18. The van der Waals surface area contributed by atoms with Crippen LogP contribution in [0.5, 0.6) is 5.88 Å². The Bertz CT molecular complexity index is 1090. The molecule has 0 bridgehead atoms. The molecular weight excluding hydrogens is 358 g/mol. The van der Waals surface area contributed by atoms with E-state index in [0.717, 1.165) is 18.2 Å².